The summed E-state index contributed by atoms with van der Waals surface area (Å²) in [7, 11) is 4.17. The molecule has 1 heterocycles. The van der Waals surface area contributed by atoms with E-state index in [4.69, 9.17) is 4.42 Å². The monoisotopic (exact) mass is 350 g/mol. The smallest absolute Gasteiger partial charge is 0.105 e. The number of benzene rings is 1. The lowest BCUT2D eigenvalue weighted by molar-refractivity contribution is 0.302. The van der Waals surface area contributed by atoms with Crippen LogP contribution in [0.15, 0.2) is 45.5 Å². The summed E-state index contributed by atoms with van der Waals surface area (Å²) in [4.78, 5) is 2.33. The van der Waals surface area contributed by atoms with Crippen molar-refractivity contribution in [3.63, 3.8) is 0 Å². The molecule has 0 amide bonds. The third kappa shape index (κ3) is 4.70. The van der Waals surface area contributed by atoms with Crippen molar-refractivity contribution in [2.45, 2.75) is 25.9 Å². The average Bonchev–Trinajstić information content (AvgIpc) is 2.85. The molecule has 3 nitrogen and oxygen atoms in total. The summed E-state index contributed by atoms with van der Waals surface area (Å²) in [6, 6.07) is 10.9. The Morgan fingerprint density at radius 3 is 2.76 bits per heavy atom. The minimum Gasteiger partial charge on any atom is -0.469 e. The molecule has 1 unspecified atom stereocenters. The number of nitrogens with one attached hydrogen (secondary N) is 1. The predicted molar refractivity (Wildman–Crippen MR) is 90.3 cm³/mol. The molecule has 1 atom stereocenters. The zero-order chi connectivity index (χ0) is 15.2. The summed E-state index contributed by atoms with van der Waals surface area (Å²) >= 11 is 3.54. The van der Waals surface area contributed by atoms with Crippen LogP contribution >= 0.6 is 15.9 Å². The molecule has 1 N–H and O–H groups in total. The molecule has 0 spiro atoms. The van der Waals surface area contributed by atoms with Crippen LogP contribution < -0.4 is 5.32 Å². The normalized spacial score (nSPS) is 12.8. The van der Waals surface area contributed by atoms with E-state index in [1.807, 2.05) is 14.0 Å². The van der Waals surface area contributed by atoms with Crippen molar-refractivity contribution in [2.24, 2.45) is 0 Å². The van der Waals surface area contributed by atoms with Gasteiger partial charge in [-0.2, -0.15) is 0 Å². The van der Waals surface area contributed by atoms with Gasteiger partial charge in [0.1, 0.15) is 5.76 Å². The zero-order valence-electron chi connectivity index (χ0n) is 12.9. The van der Waals surface area contributed by atoms with Crippen LogP contribution in [0.2, 0.25) is 0 Å². The third-order valence-electron chi connectivity index (χ3n) is 3.81. The number of hydrogen-bond acceptors (Lipinski definition) is 3. The lowest BCUT2D eigenvalue weighted by Crippen LogP contribution is -2.25. The number of halogens is 1. The number of hydrogen-bond donors (Lipinski definition) is 1. The summed E-state index contributed by atoms with van der Waals surface area (Å²) in [5, 5.41) is 3.41. The third-order valence-corrected chi connectivity index (χ3v) is 4.30. The van der Waals surface area contributed by atoms with Crippen LogP contribution in [0.3, 0.4) is 0 Å². The first-order valence-corrected chi connectivity index (χ1v) is 8.03. The maximum absolute atomic E-state index is 5.35. The summed E-state index contributed by atoms with van der Waals surface area (Å²) in [5.74, 6) is 1.01. The summed E-state index contributed by atoms with van der Waals surface area (Å²) < 4.78 is 6.48. The van der Waals surface area contributed by atoms with Crippen molar-refractivity contribution in [3.8, 4) is 0 Å². The van der Waals surface area contributed by atoms with Crippen molar-refractivity contribution in [3.05, 3.63) is 58.0 Å². The lowest BCUT2D eigenvalue weighted by Gasteiger charge is -2.22. The summed E-state index contributed by atoms with van der Waals surface area (Å²) in [6.45, 7) is 3.97. The van der Waals surface area contributed by atoms with Gasteiger partial charge in [-0.3, -0.25) is 0 Å². The van der Waals surface area contributed by atoms with E-state index in [-0.39, 0.29) is 0 Å². The second-order valence-electron chi connectivity index (χ2n) is 5.42. The number of rotatable bonds is 7. The van der Waals surface area contributed by atoms with Crippen LogP contribution in [-0.2, 0) is 6.54 Å². The molecule has 0 aliphatic heterocycles. The number of furan rings is 1. The molecule has 0 saturated heterocycles. The van der Waals surface area contributed by atoms with Gasteiger partial charge in [0.15, 0.2) is 0 Å². The van der Waals surface area contributed by atoms with E-state index >= 15 is 0 Å². The molecule has 0 saturated carbocycles. The topological polar surface area (TPSA) is 28.4 Å². The minimum atomic E-state index is 0.371. The van der Waals surface area contributed by atoms with Crippen LogP contribution in [0.1, 0.15) is 29.3 Å². The maximum Gasteiger partial charge on any atom is 0.105 e. The molecule has 4 heteroatoms. The van der Waals surface area contributed by atoms with Gasteiger partial charge in [-0.25, -0.2) is 0 Å². The summed E-state index contributed by atoms with van der Waals surface area (Å²) in [6.07, 6.45) is 2.83. The van der Waals surface area contributed by atoms with E-state index in [0.717, 1.165) is 29.7 Å². The minimum absolute atomic E-state index is 0.371. The molecule has 0 aliphatic carbocycles. The molecule has 114 valence electrons. The van der Waals surface area contributed by atoms with Crippen molar-refractivity contribution < 1.29 is 4.42 Å². The number of nitrogens with zero attached hydrogens (tertiary/aromatic N) is 1. The zero-order valence-corrected chi connectivity index (χ0v) is 14.5. The fourth-order valence-corrected chi connectivity index (χ4v) is 2.91. The van der Waals surface area contributed by atoms with E-state index in [2.05, 4.69) is 63.5 Å². The van der Waals surface area contributed by atoms with Crippen molar-refractivity contribution >= 4 is 15.9 Å². The van der Waals surface area contributed by atoms with E-state index in [1.165, 1.54) is 11.1 Å². The standard InChI is InChI=1S/C17H23BrN2O/c1-13-15(8-10-21-13)12-20(3)9-7-17(19-2)14-5-4-6-16(18)11-14/h4-6,8,10-11,17,19H,7,9,12H2,1-3H3. The Labute approximate surface area is 135 Å². The van der Waals surface area contributed by atoms with Gasteiger partial charge in [0, 0.05) is 22.6 Å². The molecule has 0 bridgehead atoms. The highest BCUT2D eigenvalue weighted by molar-refractivity contribution is 9.10. The molecule has 1 aromatic carbocycles. The molecule has 0 fully saturated rings. The average molecular weight is 351 g/mol. The van der Waals surface area contributed by atoms with E-state index in [0.29, 0.717) is 6.04 Å². The van der Waals surface area contributed by atoms with E-state index in [9.17, 15) is 0 Å². The Bertz CT molecular complexity index is 567. The van der Waals surface area contributed by atoms with Crippen LogP contribution in [0, 0.1) is 6.92 Å². The molecule has 2 rings (SSSR count). The SMILES string of the molecule is CNC(CCN(C)Cc1ccoc1C)c1cccc(Br)c1. The quantitative estimate of drug-likeness (QED) is 0.813. The molecule has 21 heavy (non-hydrogen) atoms. The Kier molecular flexibility index (Phi) is 6.03. The van der Waals surface area contributed by atoms with Crippen LogP contribution in [0.4, 0.5) is 0 Å². The Morgan fingerprint density at radius 2 is 2.14 bits per heavy atom. The summed E-state index contributed by atoms with van der Waals surface area (Å²) in [5.41, 5.74) is 2.58. The molecular weight excluding hydrogens is 328 g/mol. The first-order valence-electron chi connectivity index (χ1n) is 7.24. The van der Waals surface area contributed by atoms with Gasteiger partial charge >= 0.3 is 0 Å². The largest absolute Gasteiger partial charge is 0.469 e. The second-order valence-corrected chi connectivity index (χ2v) is 6.34. The number of aryl methyl sites for hydroxylation is 1. The fraction of sp³-hybridized carbons (Fsp3) is 0.412. The fourth-order valence-electron chi connectivity index (χ4n) is 2.50. The van der Waals surface area contributed by atoms with Crippen molar-refractivity contribution in [2.75, 3.05) is 20.6 Å². The molecule has 0 aliphatic rings. The Balaban J connectivity index is 1.89. The van der Waals surface area contributed by atoms with Gasteiger partial charge in [0.2, 0.25) is 0 Å². The van der Waals surface area contributed by atoms with E-state index < -0.39 is 0 Å². The molecular formula is C17H23BrN2O. The van der Waals surface area contributed by atoms with Crippen molar-refractivity contribution in [1.82, 2.24) is 10.2 Å². The maximum atomic E-state index is 5.35. The lowest BCUT2D eigenvalue weighted by atomic mass is 10.0. The second kappa shape index (κ2) is 7.78. The van der Waals surface area contributed by atoms with Crippen LogP contribution in [0.5, 0.6) is 0 Å². The first kappa shape index (κ1) is 16.3. The first-order chi connectivity index (χ1) is 10.1. The molecule has 1 aromatic heterocycles. The Hall–Kier alpha value is -1.10. The van der Waals surface area contributed by atoms with Crippen LogP contribution in [-0.4, -0.2) is 25.5 Å². The van der Waals surface area contributed by atoms with Gasteiger partial charge in [-0.1, -0.05) is 28.1 Å². The highest BCUT2D eigenvalue weighted by Crippen LogP contribution is 2.21. The molecule has 2 aromatic rings. The highest BCUT2D eigenvalue weighted by Gasteiger charge is 2.12. The Morgan fingerprint density at radius 1 is 1.33 bits per heavy atom. The molecule has 0 radical (unpaired) electrons. The highest BCUT2D eigenvalue weighted by atomic mass is 79.9. The van der Waals surface area contributed by atoms with E-state index in [1.54, 1.807) is 6.26 Å². The van der Waals surface area contributed by atoms with Gasteiger partial charge in [0.05, 0.1) is 6.26 Å². The van der Waals surface area contributed by atoms with Gasteiger partial charge in [-0.15, -0.1) is 0 Å². The van der Waals surface area contributed by atoms with Crippen molar-refractivity contribution in [1.29, 1.82) is 0 Å². The van der Waals surface area contributed by atoms with Gasteiger partial charge in [0.25, 0.3) is 0 Å². The van der Waals surface area contributed by atoms with Gasteiger partial charge < -0.3 is 14.6 Å². The van der Waals surface area contributed by atoms with Crippen LogP contribution in [0.25, 0.3) is 0 Å². The van der Waals surface area contributed by atoms with Gasteiger partial charge in [-0.05, 0) is 57.7 Å². The predicted octanol–water partition coefficient (Wildman–Crippen LogP) is 4.13.